The number of methoxy groups -OCH3 is 1. The van der Waals surface area contributed by atoms with Crippen molar-refractivity contribution in [1.29, 1.82) is 0 Å². The lowest BCUT2D eigenvalue weighted by Gasteiger charge is -2.25. The molecule has 0 N–H and O–H groups in total. The molecule has 1 amide bonds. The van der Waals surface area contributed by atoms with Crippen molar-refractivity contribution >= 4 is 16.9 Å². The molecule has 1 aliphatic heterocycles. The zero-order chi connectivity index (χ0) is 25.2. The van der Waals surface area contributed by atoms with Gasteiger partial charge in [0.25, 0.3) is 5.91 Å². The number of fused-ring (bicyclic) bond motifs is 2. The average molecular weight is 488 g/mol. The van der Waals surface area contributed by atoms with Crippen molar-refractivity contribution in [2.75, 3.05) is 20.3 Å². The molecule has 36 heavy (non-hydrogen) atoms. The van der Waals surface area contributed by atoms with Crippen LogP contribution in [0, 0.1) is 5.82 Å². The fraction of sp³-hybridized carbons (Fsp3) is 0.241. The molecule has 0 saturated carbocycles. The maximum absolute atomic E-state index is 14.0. The van der Waals surface area contributed by atoms with Crippen molar-refractivity contribution in [3.63, 3.8) is 0 Å². The predicted octanol–water partition coefficient (Wildman–Crippen LogP) is 5.52. The molecule has 1 aromatic heterocycles. The van der Waals surface area contributed by atoms with E-state index in [2.05, 4.69) is 0 Å². The third-order valence-electron chi connectivity index (χ3n) is 6.40. The summed E-state index contributed by atoms with van der Waals surface area (Å²) < 4.78 is 30.8. The molecule has 0 aliphatic carbocycles. The lowest BCUT2D eigenvalue weighted by molar-refractivity contribution is 0.0730. The van der Waals surface area contributed by atoms with Crippen LogP contribution < -0.4 is 14.9 Å². The standard InChI is InChI=1S/C29H26FNO5/c1-3-16-35-22-11-6-19(7-12-22)26-25-27(32)23-17-20(30)8-13-24(23)36-28(25)29(33)31(26)15-14-18-4-9-21(34-2)10-5-18/h4-13,17,26H,3,14-16H2,1-2H3/t26-/m1/s1. The number of ether oxygens (including phenoxy) is 2. The van der Waals surface area contributed by atoms with Gasteiger partial charge in [-0.25, -0.2) is 4.39 Å². The van der Waals surface area contributed by atoms with Crippen molar-refractivity contribution in [3.8, 4) is 11.5 Å². The number of amides is 1. The first-order valence-corrected chi connectivity index (χ1v) is 11.9. The van der Waals surface area contributed by atoms with Crippen molar-refractivity contribution in [2.45, 2.75) is 25.8 Å². The summed E-state index contributed by atoms with van der Waals surface area (Å²) in [6.07, 6.45) is 1.45. The number of halogens is 1. The number of nitrogens with zero attached hydrogens (tertiary/aromatic N) is 1. The fourth-order valence-electron chi connectivity index (χ4n) is 4.58. The normalized spacial score (nSPS) is 14.8. The summed E-state index contributed by atoms with van der Waals surface area (Å²) in [5.41, 5.74) is 1.79. The smallest absolute Gasteiger partial charge is 0.290 e. The van der Waals surface area contributed by atoms with Gasteiger partial charge in [0.05, 0.1) is 30.7 Å². The third kappa shape index (κ3) is 4.33. The quantitative estimate of drug-likeness (QED) is 0.328. The minimum absolute atomic E-state index is 0.00477. The molecule has 7 heteroatoms. The second-order valence-corrected chi connectivity index (χ2v) is 8.73. The molecule has 5 rings (SSSR count). The maximum atomic E-state index is 14.0. The average Bonchev–Trinajstić information content (AvgIpc) is 3.18. The highest BCUT2D eigenvalue weighted by molar-refractivity contribution is 5.99. The van der Waals surface area contributed by atoms with Crippen molar-refractivity contribution < 1.29 is 23.1 Å². The maximum Gasteiger partial charge on any atom is 0.290 e. The highest BCUT2D eigenvalue weighted by Crippen LogP contribution is 2.38. The Morgan fingerprint density at radius 1 is 0.972 bits per heavy atom. The second kappa shape index (κ2) is 9.85. The molecule has 0 spiro atoms. The number of rotatable bonds is 8. The molecule has 2 heterocycles. The number of carbonyl (C=O) groups is 1. The van der Waals surface area contributed by atoms with E-state index < -0.39 is 17.3 Å². The Kier molecular flexibility index (Phi) is 6.46. The molecule has 6 nitrogen and oxygen atoms in total. The molecule has 1 aliphatic rings. The van der Waals surface area contributed by atoms with E-state index in [1.165, 1.54) is 12.1 Å². The first-order valence-electron chi connectivity index (χ1n) is 11.9. The Morgan fingerprint density at radius 3 is 2.39 bits per heavy atom. The van der Waals surface area contributed by atoms with E-state index in [1.54, 1.807) is 12.0 Å². The SMILES string of the molecule is CCCOc1ccc([C@@H]2c3c(oc4ccc(F)cc4c3=O)C(=O)N2CCc2ccc(OC)cc2)cc1. The first kappa shape index (κ1) is 23.6. The van der Waals surface area contributed by atoms with Gasteiger partial charge in [-0.15, -0.1) is 0 Å². The van der Waals surface area contributed by atoms with E-state index in [9.17, 15) is 14.0 Å². The fourth-order valence-corrected chi connectivity index (χ4v) is 4.58. The van der Waals surface area contributed by atoms with Crippen LogP contribution >= 0.6 is 0 Å². The Labute approximate surface area is 207 Å². The minimum Gasteiger partial charge on any atom is -0.497 e. The summed E-state index contributed by atoms with van der Waals surface area (Å²) in [6.45, 7) is 2.99. The van der Waals surface area contributed by atoms with Crippen LogP contribution in [-0.4, -0.2) is 31.1 Å². The van der Waals surface area contributed by atoms with Gasteiger partial charge in [-0.2, -0.15) is 0 Å². The van der Waals surface area contributed by atoms with Gasteiger partial charge in [-0.1, -0.05) is 31.2 Å². The zero-order valence-electron chi connectivity index (χ0n) is 20.1. The Morgan fingerprint density at radius 2 is 1.69 bits per heavy atom. The van der Waals surface area contributed by atoms with Gasteiger partial charge in [0.1, 0.15) is 22.9 Å². The summed E-state index contributed by atoms with van der Waals surface area (Å²) in [7, 11) is 1.61. The predicted molar refractivity (Wildman–Crippen MR) is 134 cm³/mol. The molecule has 0 bridgehead atoms. The van der Waals surface area contributed by atoms with E-state index in [4.69, 9.17) is 13.9 Å². The number of hydrogen-bond donors (Lipinski definition) is 0. The van der Waals surface area contributed by atoms with Gasteiger partial charge in [-0.3, -0.25) is 9.59 Å². The van der Waals surface area contributed by atoms with Crippen molar-refractivity contribution in [1.82, 2.24) is 4.90 Å². The first-order chi connectivity index (χ1) is 17.5. The topological polar surface area (TPSA) is 69.0 Å². The molecule has 0 fully saturated rings. The van der Waals surface area contributed by atoms with Crippen LogP contribution in [0.25, 0.3) is 11.0 Å². The summed E-state index contributed by atoms with van der Waals surface area (Å²) in [4.78, 5) is 28.8. The van der Waals surface area contributed by atoms with Crippen LogP contribution in [0.2, 0.25) is 0 Å². The van der Waals surface area contributed by atoms with Crippen LogP contribution in [0.5, 0.6) is 11.5 Å². The molecule has 0 unspecified atom stereocenters. The summed E-state index contributed by atoms with van der Waals surface area (Å²) in [5.74, 6) is 0.565. The monoisotopic (exact) mass is 487 g/mol. The van der Waals surface area contributed by atoms with E-state index in [0.717, 1.165) is 29.4 Å². The van der Waals surface area contributed by atoms with Gasteiger partial charge in [0.15, 0.2) is 5.43 Å². The lowest BCUT2D eigenvalue weighted by atomic mass is 9.98. The number of hydrogen-bond acceptors (Lipinski definition) is 5. The van der Waals surface area contributed by atoms with Gasteiger partial charge in [0, 0.05) is 6.54 Å². The van der Waals surface area contributed by atoms with E-state index in [-0.39, 0.29) is 28.2 Å². The second-order valence-electron chi connectivity index (χ2n) is 8.73. The Hall–Kier alpha value is -4.13. The molecule has 4 aromatic rings. The van der Waals surface area contributed by atoms with Crippen LogP contribution in [0.4, 0.5) is 4.39 Å². The van der Waals surface area contributed by atoms with E-state index in [1.807, 2.05) is 55.5 Å². The minimum atomic E-state index is -0.658. The van der Waals surface area contributed by atoms with Gasteiger partial charge >= 0.3 is 0 Å². The highest BCUT2D eigenvalue weighted by atomic mass is 19.1. The molecule has 3 aromatic carbocycles. The molecule has 184 valence electrons. The van der Waals surface area contributed by atoms with Crippen molar-refractivity contribution in [2.24, 2.45) is 0 Å². The summed E-state index contributed by atoms with van der Waals surface area (Å²) in [6, 6.07) is 18.1. The Balaban J connectivity index is 1.56. The lowest BCUT2D eigenvalue weighted by Crippen LogP contribution is -2.31. The van der Waals surface area contributed by atoms with Crippen LogP contribution in [0.1, 0.15) is 46.6 Å². The number of benzene rings is 3. The molecular weight excluding hydrogens is 461 g/mol. The molecular formula is C29H26FNO5. The van der Waals surface area contributed by atoms with Gasteiger partial charge < -0.3 is 18.8 Å². The van der Waals surface area contributed by atoms with E-state index in [0.29, 0.717) is 25.3 Å². The highest BCUT2D eigenvalue weighted by Gasteiger charge is 2.42. The summed E-state index contributed by atoms with van der Waals surface area (Å²) in [5, 5.41) is 0.117. The van der Waals surface area contributed by atoms with Crippen molar-refractivity contribution in [3.05, 3.63) is 105 Å². The molecule has 0 radical (unpaired) electrons. The van der Waals surface area contributed by atoms with E-state index >= 15 is 0 Å². The number of carbonyl (C=O) groups excluding carboxylic acids is 1. The molecule has 1 atom stereocenters. The van der Waals surface area contributed by atoms with Gasteiger partial charge in [-0.05, 0) is 66.4 Å². The largest absolute Gasteiger partial charge is 0.497 e. The van der Waals surface area contributed by atoms with Crippen LogP contribution in [0.3, 0.4) is 0 Å². The van der Waals surface area contributed by atoms with Gasteiger partial charge in [0.2, 0.25) is 5.76 Å². The molecule has 0 saturated heterocycles. The summed E-state index contributed by atoms with van der Waals surface area (Å²) >= 11 is 0. The third-order valence-corrected chi connectivity index (χ3v) is 6.40. The zero-order valence-corrected chi connectivity index (χ0v) is 20.1. The Bertz CT molecular complexity index is 1460. The van der Waals surface area contributed by atoms with Crippen LogP contribution in [0.15, 0.2) is 75.9 Å². The van der Waals surface area contributed by atoms with Crippen LogP contribution in [-0.2, 0) is 6.42 Å².